The first-order valence-electron chi connectivity index (χ1n) is 11.0. The molecule has 5 rings (SSSR count). The first-order chi connectivity index (χ1) is 17.0. The van der Waals surface area contributed by atoms with Crippen LogP contribution in [0.15, 0.2) is 103 Å². The summed E-state index contributed by atoms with van der Waals surface area (Å²) in [5, 5.41) is 5.00. The molecule has 0 spiro atoms. The van der Waals surface area contributed by atoms with Crippen LogP contribution in [-0.2, 0) is 0 Å². The van der Waals surface area contributed by atoms with E-state index in [0.717, 1.165) is 28.1 Å². The van der Waals surface area contributed by atoms with Gasteiger partial charge in [0.2, 0.25) is 0 Å². The number of benzene rings is 4. The van der Waals surface area contributed by atoms with Crippen LogP contribution in [0.1, 0.15) is 11.1 Å². The van der Waals surface area contributed by atoms with E-state index in [9.17, 15) is 9.18 Å². The SMILES string of the molecule is O=C(Nc1ccc(Oc2ccccc2)cc1)N1CC(c2ccc(F)cc2)=C(c2ccc(Cl)cc2)N1. The van der Waals surface area contributed by atoms with E-state index >= 15 is 0 Å². The first-order valence-corrected chi connectivity index (χ1v) is 11.4. The number of halogens is 2. The van der Waals surface area contributed by atoms with E-state index in [4.69, 9.17) is 16.3 Å². The highest BCUT2D eigenvalue weighted by Crippen LogP contribution is 2.31. The van der Waals surface area contributed by atoms with E-state index in [1.807, 2.05) is 42.5 Å². The molecule has 1 aliphatic rings. The molecule has 0 saturated heterocycles. The van der Waals surface area contributed by atoms with Crippen molar-refractivity contribution in [2.45, 2.75) is 0 Å². The average molecular weight is 486 g/mol. The standard InChI is InChI=1S/C28H21ClFN3O2/c29-21-10-6-20(7-11-21)27-26(19-8-12-22(30)13-9-19)18-33(32-27)28(34)31-23-14-16-25(17-15-23)35-24-4-2-1-3-5-24/h1-17,32H,18H2,(H,31,34). The van der Waals surface area contributed by atoms with Crippen LogP contribution in [0.2, 0.25) is 5.02 Å². The van der Waals surface area contributed by atoms with Gasteiger partial charge >= 0.3 is 6.03 Å². The highest BCUT2D eigenvalue weighted by Gasteiger charge is 2.27. The van der Waals surface area contributed by atoms with Crippen LogP contribution in [-0.4, -0.2) is 17.6 Å². The van der Waals surface area contributed by atoms with Crippen molar-refractivity contribution in [3.05, 3.63) is 125 Å². The van der Waals surface area contributed by atoms with Crippen LogP contribution in [0.25, 0.3) is 11.3 Å². The second kappa shape index (κ2) is 9.91. The normalized spacial score (nSPS) is 12.9. The Hall–Kier alpha value is -4.29. The molecule has 0 fully saturated rings. The Bertz CT molecular complexity index is 1300. The van der Waals surface area contributed by atoms with Crippen molar-refractivity contribution in [3.63, 3.8) is 0 Å². The molecule has 0 aliphatic carbocycles. The van der Waals surface area contributed by atoms with Gasteiger partial charge in [-0.1, -0.05) is 54.1 Å². The van der Waals surface area contributed by atoms with E-state index in [-0.39, 0.29) is 11.8 Å². The van der Waals surface area contributed by atoms with E-state index in [1.54, 1.807) is 48.5 Å². The number of rotatable bonds is 5. The molecule has 0 saturated carbocycles. The van der Waals surface area contributed by atoms with Crippen molar-refractivity contribution < 1.29 is 13.9 Å². The number of anilines is 1. The smallest absolute Gasteiger partial charge is 0.340 e. The summed E-state index contributed by atoms with van der Waals surface area (Å²) in [6.07, 6.45) is 0. The molecule has 1 heterocycles. The second-order valence-electron chi connectivity index (χ2n) is 7.93. The Kier molecular flexibility index (Phi) is 6.37. The fraction of sp³-hybridized carbons (Fsp3) is 0.0357. The minimum Gasteiger partial charge on any atom is -0.457 e. The molecule has 174 valence electrons. The second-order valence-corrected chi connectivity index (χ2v) is 8.37. The summed E-state index contributed by atoms with van der Waals surface area (Å²) in [5.41, 5.74) is 7.14. The first kappa shape index (κ1) is 22.5. The Morgan fingerprint density at radius 3 is 2.14 bits per heavy atom. The maximum Gasteiger partial charge on any atom is 0.340 e. The lowest BCUT2D eigenvalue weighted by molar-refractivity contribution is 0.210. The van der Waals surface area contributed by atoms with Crippen molar-refractivity contribution in [1.82, 2.24) is 10.4 Å². The number of hydrogen-bond donors (Lipinski definition) is 2. The number of urea groups is 1. The van der Waals surface area contributed by atoms with Crippen LogP contribution >= 0.6 is 11.6 Å². The van der Waals surface area contributed by atoms with Gasteiger partial charge in [0.15, 0.2) is 0 Å². The molecular weight excluding hydrogens is 465 g/mol. The highest BCUT2D eigenvalue weighted by atomic mass is 35.5. The molecule has 0 bridgehead atoms. The predicted molar refractivity (Wildman–Crippen MR) is 136 cm³/mol. The number of hydrogen-bond acceptors (Lipinski definition) is 3. The van der Waals surface area contributed by atoms with Gasteiger partial charge < -0.3 is 10.1 Å². The lowest BCUT2D eigenvalue weighted by Crippen LogP contribution is -2.40. The summed E-state index contributed by atoms with van der Waals surface area (Å²) in [6.45, 7) is 0.296. The van der Waals surface area contributed by atoms with Gasteiger partial charge in [-0.2, -0.15) is 0 Å². The maximum absolute atomic E-state index is 13.5. The van der Waals surface area contributed by atoms with Crippen molar-refractivity contribution in [3.8, 4) is 11.5 Å². The largest absolute Gasteiger partial charge is 0.457 e. The van der Waals surface area contributed by atoms with E-state index in [1.165, 1.54) is 17.1 Å². The fourth-order valence-electron chi connectivity index (χ4n) is 3.77. The van der Waals surface area contributed by atoms with Crippen molar-refractivity contribution in [2.24, 2.45) is 0 Å². The molecule has 1 aliphatic heterocycles. The number of nitrogens with one attached hydrogen (secondary N) is 2. The number of hydrazine groups is 1. The summed E-state index contributed by atoms with van der Waals surface area (Å²) in [6, 6.07) is 29.8. The van der Waals surface area contributed by atoms with Gasteiger partial charge in [-0.05, 0) is 71.8 Å². The van der Waals surface area contributed by atoms with Crippen molar-refractivity contribution in [2.75, 3.05) is 11.9 Å². The average Bonchev–Trinajstić information content (AvgIpc) is 3.32. The molecule has 35 heavy (non-hydrogen) atoms. The molecule has 2 N–H and O–H groups in total. The third-order valence-electron chi connectivity index (χ3n) is 5.52. The zero-order valence-electron chi connectivity index (χ0n) is 18.5. The third-order valence-corrected chi connectivity index (χ3v) is 5.77. The van der Waals surface area contributed by atoms with Gasteiger partial charge in [0.05, 0.1) is 12.2 Å². The van der Waals surface area contributed by atoms with Gasteiger partial charge in [0.25, 0.3) is 0 Å². The van der Waals surface area contributed by atoms with Crippen LogP contribution in [0.4, 0.5) is 14.9 Å². The fourth-order valence-corrected chi connectivity index (χ4v) is 3.89. The summed E-state index contributed by atoms with van der Waals surface area (Å²) in [5.74, 6) is 1.08. The molecule has 5 nitrogen and oxygen atoms in total. The van der Waals surface area contributed by atoms with Crippen LogP contribution in [0.3, 0.4) is 0 Å². The predicted octanol–water partition coefficient (Wildman–Crippen LogP) is 7.19. The van der Waals surface area contributed by atoms with Crippen molar-refractivity contribution in [1.29, 1.82) is 0 Å². The molecule has 4 aromatic rings. The summed E-state index contributed by atoms with van der Waals surface area (Å²) >= 11 is 6.05. The summed E-state index contributed by atoms with van der Waals surface area (Å²) in [7, 11) is 0. The minimum absolute atomic E-state index is 0.296. The summed E-state index contributed by atoms with van der Waals surface area (Å²) < 4.78 is 19.3. The van der Waals surface area contributed by atoms with Gasteiger partial charge in [-0.3, -0.25) is 5.43 Å². The van der Waals surface area contributed by atoms with Gasteiger partial charge in [0.1, 0.15) is 17.3 Å². The number of nitrogens with zero attached hydrogens (tertiary/aromatic N) is 1. The number of carbonyl (C=O) groups is 1. The Morgan fingerprint density at radius 2 is 1.46 bits per heavy atom. The van der Waals surface area contributed by atoms with Gasteiger partial charge in [-0.25, -0.2) is 14.2 Å². The maximum atomic E-state index is 13.5. The molecule has 4 aromatic carbocycles. The number of ether oxygens (including phenoxy) is 1. The molecule has 0 atom stereocenters. The quantitative estimate of drug-likeness (QED) is 0.314. The molecule has 0 unspecified atom stereocenters. The Balaban J connectivity index is 1.32. The lowest BCUT2D eigenvalue weighted by atomic mass is 10.0. The minimum atomic E-state index is -0.328. The van der Waals surface area contributed by atoms with E-state index in [2.05, 4.69) is 10.7 Å². The molecule has 7 heteroatoms. The van der Waals surface area contributed by atoms with Crippen LogP contribution < -0.4 is 15.5 Å². The summed E-state index contributed by atoms with van der Waals surface area (Å²) in [4.78, 5) is 13.1. The third kappa shape index (κ3) is 5.28. The zero-order chi connectivity index (χ0) is 24.2. The monoisotopic (exact) mass is 485 g/mol. The molecule has 0 radical (unpaired) electrons. The zero-order valence-corrected chi connectivity index (χ0v) is 19.3. The molecule has 2 amide bonds. The number of para-hydroxylation sites is 1. The molecule has 0 aromatic heterocycles. The lowest BCUT2D eigenvalue weighted by Gasteiger charge is -2.19. The van der Waals surface area contributed by atoms with Gasteiger partial charge in [0, 0.05) is 16.3 Å². The number of carbonyl (C=O) groups excluding carboxylic acids is 1. The van der Waals surface area contributed by atoms with E-state index in [0.29, 0.717) is 23.0 Å². The Morgan fingerprint density at radius 1 is 0.829 bits per heavy atom. The van der Waals surface area contributed by atoms with Crippen molar-refractivity contribution >= 4 is 34.6 Å². The van der Waals surface area contributed by atoms with Crippen LogP contribution in [0, 0.1) is 5.82 Å². The Labute approximate surface area is 207 Å². The van der Waals surface area contributed by atoms with E-state index < -0.39 is 0 Å². The topological polar surface area (TPSA) is 53.6 Å². The molecular formula is C28H21ClFN3O2. The van der Waals surface area contributed by atoms with Crippen LogP contribution in [0.5, 0.6) is 11.5 Å². The number of amides is 2. The highest BCUT2D eigenvalue weighted by molar-refractivity contribution is 6.30. The van der Waals surface area contributed by atoms with Gasteiger partial charge in [-0.15, -0.1) is 0 Å².